The summed E-state index contributed by atoms with van der Waals surface area (Å²) >= 11 is 2.11. The molecular formula is C3H5BIN2O2P. The molecule has 10 heavy (non-hydrogen) atoms. The second-order valence-electron chi connectivity index (χ2n) is 1.63. The molecule has 0 aliphatic rings. The van der Waals surface area contributed by atoms with Crippen molar-refractivity contribution in [1.29, 1.82) is 0 Å². The van der Waals surface area contributed by atoms with Crippen LogP contribution >= 0.6 is 28.4 Å². The summed E-state index contributed by atoms with van der Waals surface area (Å²) in [6.07, 6.45) is 1.94. The van der Waals surface area contributed by atoms with Gasteiger partial charge >= 0.3 is 7.12 Å². The van der Waals surface area contributed by atoms with Crippen LogP contribution in [0.2, 0.25) is 0 Å². The standard InChI is InChI=1S/C3H5BIN2O2P/c5-10-7-3(4(8)9)1-2-6-7/h1-2,8-10H. The summed E-state index contributed by atoms with van der Waals surface area (Å²) in [6.45, 7) is 0. The average Bonchev–Trinajstić information content (AvgIpc) is 2.33. The molecule has 0 aliphatic heterocycles. The first-order valence-electron chi connectivity index (χ1n) is 2.52. The first-order valence-corrected chi connectivity index (χ1v) is 6.58. The van der Waals surface area contributed by atoms with Crippen molar-refractivity contribution in [1.82, 2.24) is 9.55 Å². The van der Waals surface area contributed by atoms with E-state index in [1.54, 1.807) is 16.7 Å². The van der Waals surface area contributed by atoms with Gasteiger partial charge in [0.25, 0.3) is 0 Å². The van der Waals surface area contributed by atoms with E-state index in [2.05, 4.69) is 27.1 Å². The highest BCUT2D eigenvalue weighted by molar-refractivity contribution is 14.2. The largest absolute Gasteiger partial charge is 0.508 e. The molecule has 0 saturated heterocycles. The highest BCUT2D eigenvalue weighted by atomic mass is 127. The van der Waals surface area contributed by atoms with Crippen LogP contribution in [0.3, 0.4) is 0 Å². The van der Waals surface area contributed by atoms with Gasteiger partial charge in [0.05, 0.1) is 12.0 Å². The van der Waals surface area contributed by atoms with E-state index in [-0.39, 0.29) is 0 Å². The van der Waals surface area contributed by atoms with Crippen LogP contribution in [0.25, 0.3) is 0 Å². The van der Waals surface area contributed by atoms with Crippen LogP contribution in [-0.2, 0) is 0 Å². The Kier molecular flexibility index (Phi) is 3.09. The molecule has 0 aliphatic carbocycles. The molecular weight excluding hydrogens is 265 g/mol. The molecule has 0 saturated carbocycles. The summed E-state index contributed by atoms with van der Waals surface area (Å²) < 4.78 is 1.55. The Morgan fingerprint density at radius 2 is 2.40 bits per heavy atom. The van der Waals surface area contributed by atoms with E-state index < -0.39 is 7.12 Å². The van der Waals surface area contributed by atoms with E-state index >= 15 is 0 Å². The molecule has 0 spiro atoms. The number of hydrogen-bond acceptors (Lipinski definition) is 3. The molecule has 0 fully saturated rings. The fraction of sp³-hybridized carbons (Fsp3) is 0. The van der Waals surface area contributed by atoms with Crippen LogP contribution in [0.4, 0.5) is 0 Å². The van der Waals surface area contributed by atoms with E-state index in [0.717, 1.165) is 0 Å². The maximum Gasteiger partial charge on any atom is 0.508 e. The normalized spacial score (nSPS) is 11.1. The van der Waals surface area contributed by atoms with Gasteiger partial charge in [0.2, 0.25) is 0 Å². The van der Waals surface area contributed by atoms with Crippen molar-refractivity contribution < 1.29 is 10.0 Å². The quantitative estimate of drug-likeness (QED) is 0.426. The van der Waals surface area contributed by atoms with Crippen LogP contribution in [-0.4, -0.2) is 26.7 Å². The second-order valence-corrected chi connectivity index (χ2v) is 3.67. The van der Waals surface area contributed by atoms with Crippen LogP contribution < -0.4 is 5.59 Å². The summed E-state index contributed by atoms with van der Waals surface area (Å²) in [5.41, 5.74) is 0.438. The molecule has 1 aromatic heterocycles. The maximum absolute atomic E-state index is 8.72. The van der Waals surface area contributed by atoms with E-state index in [4.69, 9.17) is 10.0 Å². The average molecular weight is 270 g/mol. The van der Waals surface area contributed by atoms with Gasteiger partial charge in [-0.2, -0.15) is 5.10 Å². The molecule has 1 unspecified atom stereocenters. The summed E-state index contributed by atoms with van der Waals surface area (Å²) in [7, 11) is -1.41. The zero-order chi connectivity index (χ0) is 7.56. The van der Waals surface area contributed by atoms with Crippen LogP contribution in [0.1, 0.15) is 0 Å². The van der Waals surface area contributed by atoms with Gasteiger partial charge < -0.3 is 10.0 Å². The molecule has 1 aromatic rings. The fourth-order valence-electron chi connectivity index (χ4n) is 0.580. The minimum atomic E-state index is -1.41. The van der Waals surface area contributed by atoms with Crippen molar-refractivity contribution in [2.45, 2.75) is 0 Å². The van der Waals surface area contributed by atoms with Gasteiger partial charge in [-0.3, -0.25) is 0 Å². The molecule has 7 heteroatoms. The van der Waals surface area contributed by atoms with Gasteiger partial charge in [-0.25, -0.2) is 4.45 Å². The lowest BCUT2D eigenvalue weighted by molar-refractivity contribution is 0.423. The molecule has 1 atom stereocenters. The molecule has 0 bridgehead atoms. The predicted molar refractivity (Wildman–Crippen MR) is 49.8 cm³/mol. The number of hydrogen-bond donors (Lipinski definition) is 2. The molecule has 4 nitrogen and oxygen atoms in total. The third-order valence-corrected chi connectivity index (χ3v) is 2.92. The number of rotatable bonds is 2. The number of halogens is 1. The van der Waals surface area contributed by atoms with Crippen LogP contribution in [0.5, 0.6) is 0 Å². The molecule has 0 amide bonds. The van der Waals surface area contributed by atoms with Crippen LogP contribution in [0.15, 0.2) is 12.3 Å². The summed E-state index contributed by atoms with van der Waals surface area (Å²) in [5.74, 6) is 0. The first-order chi connectivity index (χ1) is 4.75. The van der Waals surface area contributed by atoms with E-state index in [9.17, 15) is 0 Å². The van der Waals surface area contributed by atoms with Crippen molar-refractivity contribution in [2.24, 2.45) is 0 Å². The van der Waals surface area contributed by atoms with Crippen molar-refractivity contribution in [3.05, 3.63) is 12.3 Å². The third-order valence-electron chi connectivity index (χ3n) is 1.02. The second kappa shape index (κ2) is 3.66. The third kappa shape index (κ3) is 1.69. The van der Waals surface area contributed by atoms with Gasteiger partial charge in [-0.15, -0.1) is 0 Å². The lowest BCUT2D eigenvalue weighted by Gasteiger charge is -1.99. The van der Waals surface area contributed by atoms with Crippen LogP contribution in [0, 0.1) is 0 Å². The molecule has 1 heterocycles. The smallest absolute Gasteiger partial charge is 0.422 e. The van der Waals surface area contributed by atoms with E-state index in [1.165, 1.54) is 0 Å². The maximum atomic E-state index is 8.72. The molecule has 2 N–H and O–H groups in total. The van der Waals surface area contributed by atoms with Gasteiger partial charge in [0.15, 0.2) is 0 Å². The van der Waals surface area contributed by atoms with Gasteiger partial charge in [-0.05, 0) is 28.1 Å². The Labute approximate surface area is 73.1 Å². The summed E-state index contributed by atoms with van der Waals surface area (Å²) in [4.78, 5) is 0. The highest BCUT2D eigenvalue weighted by Crippen LogP contribution is 2.20. The summed E-state index contributed by atoms with van der Waals surface area (Å²) in [5, 5.41) is 21.3. The Balaban J connectivity index is 2.90. The number of aromatic nitrogens is 2. The lowest BCUT2D eigenvalue weighted by Crippen LogP contribution is -2.33. The lowest BCUT2D eigenvalue weighted by atomic mass is 9.87. The van der Waals surface area contributed by atoms with E-state index in [1.807, 2.05) is 0 Å². The van der Waals surface area contributed by atoms with Crippen molar-refractivity contribution in [3.63, 3.8) is 0 Å². The topological polar surface area (TPSA) is 58.3 Å². The minimum absolute atomic E-state index is 0.402. The van der Waals surface area contributed by atoms with Gasteiger partial charge in [0.1, 0.15) is 0 Å². The SMILES string of the molecule is OB(O)c1ccnn1PI. The molecule has 0 radical (unpaired) electrons. The van der Waals surface area contributed by atoms with E-state index in [0.29, 0.717) is 12.0 Å². The number of nitrogens with zero attached hydrogens (tertiary/aromatic N) is 2. The monoisotopic (exact) mass is 270 g/mol. The zero-order valence-electron chi connectivity index (χ0n) is 4.90. The van der Waals surface area contributed by atoms with Crippen molar-refractivity contribution in [3.8, 4) is 0 Å². The first kappa shape index (κ1) is 8.45. The van der Waals surface area contributed by atoms with Gasteiger partial charge in [0, 0.05) is 6.20 Å². The van der Waals surface area contributed by atoms with Crippen molar-refractivity contribution >= 4 is 41.1 Å². The van der Waals surface area contributed by atoms with Gasteiger partial charge in [-0.1, -0.05) is 0 Å². The Bertz CT molecular complexity index is 218. The molecule has 54 valence electrons. The Hall–Kier alpha value is 0.355. The summed E-state index contributed by atoms with van der Waals surface area (Å²) in [6, 6.07) is 1.58. The Morgan fingerprint density at radius 1 is 1.70 bits per heavy atom. The highest BCUT2D eigenvalue weighted by Gasteiger charge is 2.15. The predicted octanol–water partition coefficient (Wildman–Crippen LogP) is -0.646. The zero-order valence-corrected chi connectivity index (χ0v) is 8.06. The van der Waals surface area contributed by atoms with Crippen molar-refractivity contribution in [2.75, 3.05) is 0 Å². The molecule has 1 rings (SSSR count). The molecule has 0 aromatic carbocycles. The Morgan fingerprint density at radius 3 is 2.80 bits per heavy atom. The fourth-order valence-corrected chi connectivity index (χ4v) is 2.19. The minimum Gasteiger partial charge on any atom is -0.422 e.